The van der Waals surface area contributed by atoms with Gasteiger partial charge >= 0.3 is 0 Å². The number of para-hydroxylation sites is 1. The summed E-state index contributed by atoms with van der Waals surface area (Å²) >= 11 is 3.97. The van der Waals surface area contributed by atoms with Crippen molar-refractivity contribution in [3.05, 3.63) is 65.2 Å². The number of likely N-dealkylation sites (tertiary alicyclic amines) is 1. The number of thiazole rings is 1. The molecule has 34 heavy (non-hydrogen) atoms. The van der Waals surface area contributed by atoms with Crippen LogP contribution in [0, 0.1) is 5.92 Å². The van der Waals surface area contributed by atoms with Crippen LogP contribution in [-0.4, -0.2) is 50.7 Å². The average molecular weight is 510 g/mol. The zero-order valence-corrected chi connectivity index (χ0v) is 20.8. The lowest BCUT2D eigenvalue weighted by Gasteiger charge is -2.32. The first-order valence-corrected chi connectivity index (χ1v) is 13.7. The van der Waals surface area contributed by atoms with Crippen LogP contribution in [0.1, 0.15) is 28.2 Å². The number of fused-ring (bicyclic) bond motifs is 1. The second-order valence-electron chi connectivity index (χ2n) is 8.12. The molecule has 0 saturated carbocycles. The quantitative estimate of drug-likeness (QED) is 0.279. The van der Waals surface area contributed by atoms with Crippen molar-refractivity contribution >= 4 is 61.6 Å². The predicted molar refractivity (Wildman–Crippen MR) is 138 cm³/mol. The number of thioether (sulfide) groups is 1. The van der Waals surface area contributed by atoms with Gasteiger partial charge in [0.15, 0.2) is 9.35 Å². The maximum Gasteiger partial charge on any atom is 0.286 e. The highest BCUT2D eigenvalue weighted by Crippen LogP contribution is 2.28. The molecule has 0 radical (unpaired) electrons. The lowest BCUT2D eigenvalue weighted by Crippen LogP contribution is -2.39. The minimum atomic E-state index is -0.302. The van der Waals surface area contributed by atoms with E-state index < -0.39 is 0 Å². The molecular formula is C24H23N5O2S3. The van der Waals surface area contributed by atoms with Gasteiger partial charge in [-0.1, -0.05) is 65.6 Å². The fourth-order valence-electron chi connectivity index (χ4n) is 3.99. The highest BCUT2D eigenvalue weighted by Gasteiger charge is 2.23. The first-order valence-electron chi connectivity index (χ1n) is 11.1. The third kappa shape index (κ3) is 5.63. The second-order valence-corrected chi connectivity index (χ2v) is 11.3. The number of amides is 2. The van der Waals surface area contributed by atoms with Crippen molar-refractivity contribution in [1.29, 1.82) is 0 Å². The van der Waals surface area contributed by atoms with Crippen molar-refractivity contribution in [2.24, 2.45) is 5.92 Å². The first kappa shape index (κ1) is 22.9. The van der Waals surface area contributed by atoms with Crippen molar-refractivity contribution in [2.75, 3.05) is 24.2 Å². The summed E-state index contributed by atoms with van der Waals surface area (Å²) in [6, 6.07) is 18.2. The number of piperidine rings is 1. The molecule has 1 aliphatic heterocycles. The van der Waals surface area contributed by atoms with Gasteiger partial charge in [-0.3, -0.25) is 14.9 Å². The maximum absolute atomic E-state index is 12.7. The van der Waals surface area contributed by atoms with Gasteiger partial charge < -0.3 is 4.90 Å². The Morgan fingerprint density at radius 1 is 1.00 bits per heavy atom. The topological polar surface area (TPSA) is 88.1 Å². The fraction of sp³-hybridized carbons (Fsp3) is 0.292. The van der Waals surface area contributed by atoms with E-state index in [0.717, 1.165) is 42.6 Å². The highest BCUT2D eigenvalue weighted by atomic mass is 32.2. The van der Waals surface area contributed by atoms with E-state index in [1.54, 1.807) is 0 Å². The number of carbonyl (C=O) groups excluding carboxylic acids is 2. The van der Waals surface area contributed by atoms with Gasteiger partial charge in [0, 0.05) is 13.1 Å². The summed E-state index contributed by atoms with van der Waals surface area (Å²) in [7, 11) is 0. The molecule has 174 valence electrons. The summed E-state index contributed by atoms with van der Waals surface area (Å²) < 4.78 is 1.62. The third-order valence-corrected chi connectivity index (χ3v) is 8.76. The molecule has 2 aromatic carbocycles. The van der Waals surface area contributed by atoms with E-state index in [-0.39, 0.29) is 11.8 Å². The molecule has 0 atom stereocenters. The summed E-state index contributed by atoms with van der Waals surface area (Å²) in [5.74, 6) is 0.773. The van der Waals surface area contributed by atoms with Crippen LogP contribution in [0.15, 0.2) is 58.9 Å². The molecule has 10 heteroatoms. The molecule has 0 spiro atoms. The molecule has 0 aliphatic carbocycles. The van der Waals surface area contributed by atoms with Crippen LogP contribution in [0.2, 0.25) is 0 Å². The molecular weight excluding hydrogens is 486 g/mol. The molecule has 0 bridgehead atoms. The number of carbonyl (C=O) groups is 2. The molecule has 3 heterocycles. The predicted octanol–water partition coefficient (Wildman–Crippen LogP) is 4.97. The fourth-order valence-corrected chi connectivity index (χ4v) is 6.50. The summed E-state index contributed by atoms with van der Waals surface area (Å²) in [5.41, 5.74) is 2.17. The standard InChI is InChI=1S/C24H23N5O2S3/c30-20(29-12-10-17(11-13-29)14-16-6-2-1-3-7-16)15-32-24-28-27-23(34-24)26-21(31)22-25-18-8-4-5-9-19(18)33-22/h1-9,17H,10-15H2,(H,26,27,31). The van der Waals surface area contributed by atoms with Gasteiger partial charge in [0.2, 0.25) is 11.0 Å². The lowest BCUT2D eigenvalue weighted by molar-refractivity contribution is -0.129. The minimum Gasteiger partial charge on any atom is -0.342 e. The SMILES string of the molecule is O=C(Nc1nnc(SCC(=O)N2CCC(Cc3ccccc3)CC2)s1)c1nc2ccccc2s1. The summed E-state index contributed by atoms with van der Waals surface area (Å²) in [4.78, 5) is 31.5. The van der Waals surface area contributed by atoms with Gasteiger partial charge in [-0.05, 0) is 42.9 Å². The monoisotopic (exact) mass is 509 g/mol. The van der Waals surface area contributed by atoms with E-state index in [1.807, 2.05) is 35.2 Å². The van der Waals surface area contributed by atoms with Gasteiger partial charge in [-0.2, -0.15) is 0 Å². The minimum absolute atomic E-state index is 0.124. The summed E-state index contributed by atoms with van der Waals surface area (Å²) in [6.07, 6.45) is 3.14. The van der Waals surface area contributed by atoms with E-state index >= 15 is 0 Å². The van der Waals surface area contributed by atoms with Gasteiger partial charge in [-0.25, -0.2) is 4.98 Å². The zero-order valence-electron chi connectivity index (χ0n) is 18.3. The van der Waals surface area contributed by atoms with Crippen molar-refractivity contribution in [3.8, 4) is 0 Å². The Morgan fingerprint density at radius 2 is 1.76 bits per heavy atom. The van der Waals surface area contributed by atoms with Crippen molar-refractivity contribution < 1.29 is 9.59 Å². The highest BCUT2D eigenvalue weighted by molar-refractivity contribution is 8.01. The molecule has 1 N–H and O–H groups in total. The number of rotatable bonds is 7. The molecule has 7 nitrogen and oxygen atoms in total. The second kappa shape index (κ2) is 10.6. The summed E-state index contributed by atoms with van der Waals surface area (Å²) in [6.45, 7) is 1.60. The van der Waals surface area contributed by atoms with Gasteiger partial charge in [0.1, 0.15) is 0 Å². The molecule has 2 aromatic heterocycles. The van der Waals surface area contributed by atoms with Gasteiger partial charge in [0.05, 0.1) is 16.0 Å². The number of nitrogens with one attached hydrogen (secondary N) is 1. The molecule has 2 amide bonds. The normalized spacial score (nSPS) is 14.4. The smallest absolute Gasteiger partial charge is 0.286 e. The summed E-state index contributed by atoms with van der Waals surface area (Å²) in [5, 5.41) is 11.7. The van der Waals surface area contributed by atoms with E-state index in [4.69, 9.17) is 0 Å². The number of aromatic nitrogens is 3. The third-order valence-electron chi connectivity index (χ3n) is 5.77. The molecule has 1 fully saturated rings. The molecule has 4 aromatic rings. The van der Waals surface area contributed by atoms with Crippen molar-refractivity contribution in [2.45, 2.75) is 23.6 Å². The Bertz CT molecular complexity index is 1250. The number of benzene rings is 2. The van der Waals surface area contributed by atoms with Crippen LogP contribution < -0.4 is 5.32 Å². The van der Waals surface area contributed by atoms with Crippen LogP contribution in [-0.2, 0) is 11.2 Å². The number of nitrogens with zero attached hydrogens (tertiary/aromatic N) is 4. The zero-order chi connectivity index (χ0) is 23.3. The van der Waals surface area contributed by atoms with Gasteiger partial charge in [-0.15, -0.1) is 21.5 Å². The number of hydrogen-bond acceptors (Lipinski definition) is 8. The Kier molecular flexibility index (Phi) is 7.17. The van der Waals surface area contributed by atoms with Crippen LogP contribution in [0.4, 0.5) is 5.13 Å². The van der Waals surface area contributed by atoms with Crippen molar-refractivity contribution in [1.82, 2.24) is 20.1 Å². The van der Waals surface area contributed by atoms with E-state index in [1.165, 1.54) is 40.0 Å². The van der Waals surface area contributed by atoms with Crippen LogP contribution in [0.5, 0.6) is 0 Å². The van der Waals surface area contributed by atoms with Crippen LogP contribution in [0.25, 0.3) is 10.2 Å². The Labute approximate surface area is 209 Å². The van der Waals surface area contributed by atoms with Crippen LogP contribution in [0.3, 0.4) is 0 Å². The van der Waals surface area contributed by atoms with E-state index in [9.17, 15) is 9.59 Å². The first-order chi connectivity index (χ1) is 16.6. The molecule has 1 aliphatic rings. The maximum atomic E-state index is 12.7. The number of anilines is 1. The van der Waals surface area contributed by atoms with E-state index in [2.05, 4.69) is 44.8 Å². The molecule has 1 saturated heterocycles. The molecule has 5 rings (SSSR count). The Balaban J connectivity index is 1.08. The van der Waals surface area contributed by atoms with Crippen molar-refractivity contribution in [3.63, 3.8) is 0 Å². The number of hydrogen-bond donors (Lipinski definition) is 1. The average Bonchev–Trinajstić information content (AvgIpc) is 3.50. The Hall–Kier alpha value is -2.82. The largest absolute Gasteiger partial charge is 0.342 e. The molecule has 0 unspecified atom stereocenters. The van der Waals surface area contributed by atoms with E-state index in [0.29, 0.717) is 26.1 Å². The lowest BCUT2D eigenvalue weighted by atomic mass is 9.90. The Morgan fingerprint density at radius 3 is 2.56 bits per heavy atom. The van der Waals surface area contributed by atoms with Gasteiger partial charge in [0.25, 0.3) is 5.91 Å². The van der Waals surface area contributed by atoms with Crippen LogP contribution >= 0.6 is 34.4 Å².